The number of carboxylic acids is 4. The molecule has 0 amide bonds. The zero-order chi connectivity index (χ0) is 53.6. The number of aliphatic carboxylic acids is 4. The Labute approximate surface area is 451 Å². The summed E-state index contributed by atoms with van der Waals surface area (Å²) in [5.74, 6) is -3.30. The van der Waals surface area contributed by atoms with E-state index in [2.05, 4.69) is 0 Å². The van der Waals surface area contributed by atoms with Crippen molar-refractivity contribution < 1.29 is 58.7 Å². The number of rotatable bonds is 55. The SMILES string of the molecule is N.N.NCCCCCCCCCCCCCCCCCC(=O)OCCOC(=O)CCCCCCCCCCCCCCCCCN.O=C(O)CCCCCCCCC(=O)O.O=C(O)CCCCCCCCC(=O)O. The third-order valence-corrected chi connectivity index (χ3v) is 12.8. The van der Waals surface area contributed by atoms with Gasteiger partial charge < -0.3 is 53.7 Å². The van der Waals surface area contributed by atoms with Gasteiger partial charge in [-0.25, -0.2) is 0 Å². The van der Waals surface area contributed by atoms with Crippen molar-refractivity contribution in [2.45, 2.75) is 308 Å². The molecule has 0 heterocycles. The van der Waals surface area contributed by atoms with Crippen molar-refractivity contribution in [3.8, 4) is 0 Å². The lowest BCUT2D eigenvalue weighted by molar-refractivity contribution is -0.152. The van der Waals surface area contributed by atoms with Crippen LogP contribution in [-0.4, -0.2) is 82.5 Å². The number of unbranched alkanes of at least 4 members (excludes halogenated alkanes) is 38. The van der Waals surface area contributed by atoms with Gasteiger partial charge in [-0.1, -0.05) is 218 Å². The Hall–Kier alpha value is -3.34. The molecule has 0 radical (unpaired) electrons. The van der Waals surface area contributed by atoms with E-state index >= 15 is 0 Å². The Bertz CT molecular complexity index is 1080. The lowest BCUT2D eigenvalue weighted by Crippen LogP contribution is -2.13. The second kappa shape index (κ2) is 69.7. The van der Waals surface area contributed by atoms with E-state index < -0.39 is 23.9 Å². The standard InChI is InChI=1S/C38H76N2O4.2C10H18O4.2H3N/c39-33-29-25-21-17-13-9-5-1-3-7-11-15-19-23-27-31-37(41)43-35-36-44-38(42)32-28-24-20-16-12-8-4-2-6-10-14-18-22-26-30-34-40;2*11-9(12)7-5-3-1-2-4-6-8-10(13)14;;/h1-36,39-40H2;2*1-8H2,(H,11,12)(H,13,14);2*1H3. The highest BCUT2D eigenvalue weighted by molar-refractivity contribution is 5.70. The highest BCUT2D eigenvalue weighted by atomic mass is 16.6. The number of carboxylic acid groups (broad SMARTS) is 4. The maximum atomic E-state index is 11.9. The van der Waals surface area contributed by atoms with E-state index in [0.29, 0.717) is 12.8 Å². The average molecular weight is 1060 g/mol. The fourth-order valence-corrected chi connectivity index (χ4v) is 8.40. The van der Waals surface area contributed by atoms with Gasteiger partial charge in [-0.05, 0) is 64.5 Å². The van der Waals surface area contributed by atoms with Gasteiger partial charge in [-0.15, -0.1) is 0 Å². The van der Waals surface area contributed by atoms with Gasteiger partial charge in [0.05, 0.1) is 0 Å². The minimum Gasteiger partial charge on any atom is -0.481 e. The van der Waals surface area contributed by atoms with Crippen LogP contribution in [0.3, 0.4) is 0 Å². The molecule has 0 aromatic rings. The Balaban J connectivity index is -0.000000429. The van der Waals surface area contributed by atoms with E-state index in [4.69, 9.17) is 41.4 Å². The third kappa shape index (κ3) is 82.7. The summed E-state index contributed by atoms with van der Waals surface area (Å²) in [4.78, 5) is 64.4. The molecule has 0 bridgehead atoms. The highest BCUT2D eigenvalue weighted by Gasteiger charge is 2.07. The summed E-state index contributed by atoms with van der Waals surface area (Å²) < 4.78 is 10.5. The van der Waals surface area contributed by atoms with E-state index in [-0.39, 0.29) is 63.1 Å². The first-order valence-corrected chi connectivity index (χ1v) is 29.5. The normalized spacial score (nSPS) is 10.5. The predicted molar refractivity (Wildman–Crippen MR) is 302 cm³/mol. The largest absolute Gasteiger partial charge is 0.481 e. The zero-order valence-electron chi connectivity index (χ0n) is 47.4. The summed E-state index contributed by atoms with van der Waals surface area (Å²) in [5, 5.41) is 33.4. The molecule has 442 valence electrons. The van der Waals surface area contributed by atoms with Crippen molar-refractivity contribution in [2.75, 3.05) is 26.3 Å². The van der Waals surface area contributed by atoms with E-state index in [1.54, 1.807) is 0 Å². The maximum absolute atomic E-state index is 11.9. The fraction of sp³-hybridized carbons (Fsp3) is 0.897. The zero-order valence-corrected chi connectivity index (χ0v) is 47.4. The van der Waals surface area contributed by atoms with Crippen LogP contribution >= 0.6 is 0 Å². The topological polar surface area (TPSA) is 324 Å². The van der Waals surface area contributed by atoms with Crippen molar-refractivity contribution >= 4 is 35.8 Å². The van der Waals surface area contributed by atoms with Crippen LogP contribution < -0.4 is 23.8 Å². The molecule has 14 N–H and O–H groups in total. The number of ether oxygens (including phenoxy) is 2. The Morgan fingerprint density at radius 3 is 0.514 bits per heavy atom. The molecule has 0 saturated heterocycles. The Morgan fingerprint density at radius 2 is 0.365 bits per heavy atom. The van der Waals surface area contributed by atoms with Crippen LogP contribution in [-0.2, 0) is 38.2 Å². The molecule has 0 unspecified atom stereocenters. The first-order chi connectivity index (χ1) is 35.0. The van der Waals surface area contributed by atoms with Crippen molar-refractivity contribution in [3.63, 3.8) is 0 Å². The van der Waals surface area contributed by atoms with E-state index in [0.717, 1.165) is 116 Å². The lowest BCUT2D eigenvalue weighted by Gasteiger charge is -2.07. The van der Waals surface area contributed by atoms with Crippen LogP contribution in [0.1, 0.15) is 308 Å². The average Bonchev–Trinajstić information content (AvgIpc) is 3.34. The van der Waals surface area contributed by atoms with Gasteiger partial charge in [0, 0.05) is 38.5 Å². The summed E-state index contributed by atoms with van der Waals surface area (Å²) >= 11 is 0. The van der Waals surface area contributed by atoms with Crippen LogP contribution in [0.25, 0.3) is 0 Å². The molecule has 0 aliphatic heterocycles. The molecule has 0 fully saturated rings. The third-order valence-electron chi connectivity index (χ3n) is 12.8. The maximum Gasteiger partial charge on any atom is 0.305 e. The van der Waals surface area contributed by atoms with Gasteiger partial charge in [0.25, 0.3) is 0 Å². The van der Waals surface area contributed by atoms with Crippen LogP contribution in [0.4, 0.5) is 0 Å². The van der Waals surface area contributed by atoms with Gasteiger partial charge in [0.15, 0.2) is 0 Å². The van der Waals surface area contributed by atoms with Crippen molar-refractivity contribution in [3.05, 3.63) is 0 Å². The summed E-state index contributed by atoms with van der Waals surface area (Å²) in [6, 6.07) is 0. The molecule has 0 aromatic heterocycles. The fourth-order valence-electron chi connectivity index (χ4n) is 8.40. The monoisotopic (exact) mass is 1060 g/mol. The first-order valence-electron chi connectivity index (χ1n) is 29.5. The first kappa shape index (κ1) is 79.5. The highest BCUT2D eigenvalue weighted by Crippen LogP contribution is 2.16. The number of esters is 2. The molecular formula is C58H118N4O12. The number of carbonyl (C=O) groups excluding carboxylic acids is 2. The van der Waals surface area contributed by atoms with E-state index in [1.807, 2.05) is 0 Å². The minimum absolute atomic E-state index is 0. The van der Waals surface area contributed by atoms with Gasteiger partial charge >= 0.3 is 35.8 Å². The van der Waals surface area contributed by atoms with Gasteiger partial charge in [0.2, 0.25) is 0 Å². The van der Waals surface area contributed by atoms with Crippen LogP contribution in [0.5, 0.6) is 0 Å². The van der Waals surface area contributed by atoms with Gasteiger partial charge in [0.1, 0.15) is 13.2 Å². The van der Waals surface area contributed by atoms with Crippen LogP contribution in [0.15, 0.2) is 0 Å². The van der Waals surface area contributed by atoms with E-state index in [1.165, 1.54) is 167 Å². The molecule has 0 rings (SSSR count). The van der Waals surface area contributed by atoms with E-state index in [9.17, 15) is 28.8 Å². The van der Waals surface area contributed by atoms with Gasteiger partial charge in [-0.3, -0.25) is 28.8 Å². The summed E-state index contributed by atoms with van der Waals surface area (Å²) in [7, 11) is 0. The Morgan fingerprint density at radius 1 is 0.230 bits per heavy atom. The summed E-state index contributed by atoms with van der Waals surface area (Å²) in [5.41, 5.74) is 11.1. The smallest absolute Gasteiger partial charge is 0.305 e. The molecular weight excluding hydrogens is 945 g/mol. The summed E-state index contributed by atoms with van der Waals surface area (Å²) in [6.07, 6.45) is 51.0. The van der Waals surface area contributed by atoms with Crippen LogP contribution in [0.2, 0.25) is 0 Å². The second-order valence-electron chi connectivity index (χ2n) is 19.9. The molecule has 16 heteroatoms. The van der Waals surface area contributed by atoms with Crippen molar-refractivity contribution in [1.82, 2.24) is 12.3 Å². The minimum atomic E-state index is -0.740. The molecule has 0 aliphatic carbocycles. The summed E-state index contributed by atoms with van der Waals surface area (Å²) in [6.45, 7) is 2.02. The van der Waals surface area contributed by atoms with Crippen molar-refractivity contribution in [2.24, 2.45) is 11.5 Å². The van der Waals surface area contributed by atoms with Crippen molar-refractivity contribution in [1.29, 1.82) is 0 Å². The molecule has 0 saturated carbocycles. The Kier molecular flexibility index (Phi) is 74.9. The predicted octanol–water partition coefficient (Wildman–Crippen LogP) is 15.4. The lowest BCUT2D eigenvalue weighted by atomic mass is 10.0. The number of nitrogens with two attached hydrogens (primary N) is 2. The number of hydrogen-bond donors (Lipinski definition) is 8. The molecule has 0 aliphatic rings. The molecule has 16 nitrogen and oxygen atoms in total. The molecule has 74 heavy (non-hydrogen) atoms. The second-order valence-corrected chi connectivity index (χ2v) is 19.9. The van der Waals surface area contributed by atoms with Crippen LogP contribution in [0, 0.1) is 0 Å². The van der Waals surface area contributed by atoms with Gasteiger partial charge in [-0.2, -0.15) is 0 Å². The molecule has 0 spiro atoms. The number of carbonyl (C=O) groups is 6. The molecule has 0 atom stereocenters. The molecule has 0 aromatic carbocycles. The quantitative estimate of drug-likeness (QED) is 0.0207. The number of hydrogen-bond acceptors (Lipinski definition) is 12.